The smallest absolute Gasteiger partial charge is 0.257 e. The highest BCUT2D eigenvalue weighted by Crippen LogP contribution is 2.27. The average Bonchev–Trinajstić information content (AvgIpc) is 3.64. The monoisotopic (exact) mass is 441 g/mol. The van der Waals surface area contributed by atoms with Crippen molar-refractivity contribution in [1.29, 1.82) is 0 Å². The highest BCUT2D eigenvalue weighted by molar-refractivity contribution is 7.99. The van der Waals surface area contributed by atoms with Crippen LogP contribution in [-0.4, -0.2) is 27.3 Å². The third-order valence-electron chi connectivity index (χ3n) is 5.54. The van der Waals surface area contributed by atoms with Crippen LogP contribution in [0, 0.1) is 0 Å². The SMILES string of the molecule is CCSc1ccc(-c2cccc(-n3cc(C(=O)NC4CC4)c(=O)c4cccnc43)c2)cc1. The maximum atomic E-state index is 13.0. The summed E-state index contributed by atoms with van der Waals surface area (Å²) < 4.78 is 1.84. The molecule has 1 aliphatic carbocycles. The van der Waals surface area contributed by atoms with Gasteiger partial charge in [-0.15, -0.1) is 11.8 Å². The molecule has 0 atom stereocenters. The molecule has 0 radical (unpaired) electrons. The molecule has 1 fully saturated rings. The van der Waals surface area contributed by atoms with Gasteiger partial charge in [0.2, 0.25) is 5.43 Å². The minimum atomic E-state index is -0.322. The lowest BCUT2D eigenvalue weighted by Crippen LogP contribution is -2.31. The second-order valence-electron chi connectivity index (χ2n) is 7.87. The standard InChI is InChI=1S/C26H23N3O2S/c1-2-32-21-12-8-17(9-13-21)18-5-3-6-20(15-18)29-16-23(26(31)28-19-10-11-19)24(30)22-7-4-14-27-25(22)29/h3-9,12-16,19H,2,10-11H2,1H3,(H,28,31). The van der Waals surface area contributed by atoms with Crippen molar-refractivity contribution >= 4 is 28.7 Å². The Kier molecular flexibility index (Phi) is 5.53. The Morgan fingerprint density at radius 1 is 1.09 bits per heavy atom. The molecule has 2 aromatic heterocycles. The second-order valence-corrected chi connectivity index (χ2v) is 9.21. The van der Waals surface area contributed by atoms with Gasteiger partial charge in [-0.05, 0) is 66.1 Å². The van der Waals surface area contributed by atoms with E-state index in [1.807, 2.05) is 28.5 Å². The van der Waals surface area contributed by atoms with E-state index in [1.54, 1.807) is 24.5 Å². The number of amides is 1. The van der Waals surface area contributed by atoms with Crippen LogP contribution in [0.4, 0.5) is 0 Å². The number of thioether (sulfide) groups is 1. The van der Waals surface area contributed by atoms with Gasteiger partial charge in [0, 0.05) is 29.0 Å². The number of rotatable bonds is 6. The van der Waals surface area contributed by atoms with E-state index in [9.17, 15) is 9.59 Å². The summed E-state index contributed by atoms with van der Waals surface area (Å²) in [5.74, 6) is 0.718. The first-order valence-electron chi connectivity index (χ1n) is 10.8. The molecule has 1 amide bonds. The Hall–Kier alpha value is -3.38. The van der Waals surface area contributed by atoms with E-state index in [0.717, 1.165) is 35.4 Å². The van der Waals surface area contributed by atoms with Crippen LogP contribution in [0.25, 0.3) is 27.8 Å². The van der Waals surface area contributed by atoms with Gasteiger partial charge in [0.15, 0.2) is 0 Å². The van der Waals surface area contributed by atoms with Crippen LogP contribution in [0.5, 0.6) is 0 Å². The molecule has 1 saturated carbocycles. The van der Waals surface area contributed by atoms with Crippen LogP contribution >= 0.6 is 11.8 Å². The molecule has 0 bridgehead atoms. The van der Waals surface area contributed by atoms with E-state index in [0.29, 0.717) is 11.0 Å². The third kappa shape index (κ3) is 4.06. The number of hydrogen-bond acceptors (Lipinski definition) is 4. The van der Waals surface area contributed by atoms with Crippen molar-refractivity contribution in [2.75, 3.05) is 5.75 Å². The molecule has 5 rings (SSSR count). The Morgan fingerprint density at radius 2 is 1.91 bits per heavy atom. The molecule has 1 N–H and O–H groups in total. The van der Waals surface area contributed by atoms with Crippen LogP contribution in [-0.2, 0) is 0 Å². The van der Waals surface area contributed by atoms with E-state index in [2.05, 4.69) is 53.6 Å². The largest absolute Gasteiger partial charge is 0.349 e. The summed E-state index contributed by atoms with van der Waals surface area (Å²) in [7, 11) is 0. The lowest BCUT2D eigenvalue weighted by atomic mass is 10.0. The molecule has 0 aliphatic heterocycles. The zero-order valence-corrected chi connectivity index (χ0v) is 18.6. The fraction of sp³-hybridized carbons (Fsp3) is 0.192. The van der Waals surface area contributed by atoms with E-state index in [-0.39, 0.29) is 22.9 Å². The van der Waals surface area contributed by atoms with Crippen molar-refractivity contribution in [3.63, 3.8) is 0 Å². The Bertz CT molecular complexity index is 1360. The maximum absolute atomic E-state index is 13.0. The number of fused-ring (bicyclic) bond motifs is 1. The highest BCUT2D eigenvalue weighted by atomic mass is 32.2. The second kappa shape index (κ2) is 8.63. The average molecular weight is 442 g/mol. The van der Waals surface area contributed by atoms with Gasteiger partial charge < -0.3 is 9.88 Å². The first-order chi connectivity index (χ1) is 15.6. The summed E-state index contributed by atoms with van der Waals surface area (Å²) in [6.07, 6.45) is 5.21. The summed E-state index contributed by atoms with van der Waals surface area (Å²) in [4.78, 5) is 31.5. The Balaban J connectivity index is 1.61. The molecule has 4 aromatic rings. The van der Waals surface area contributed by atoms with Gasteiger partial charge in [0.1, 0.15) is 11.2 Å². The fourth-order valence-corrected chi connectivity index (χ4v) is 4.42. The predicted molar refractivity (Wildman–Crippen MR) is 130 cm³/mol. The van der Waals surface area contributed by atoms with Crippen LogP contribution in [0.1, 0.15) is 30.1 Å². The van der Waals surface area contributed by atoms with Gasteiger partial charge in [-0.2, -0.15) is 0 Å². The third-order valence-corrected chi connectivity index (χ3v) is 6.44. The summed E-state index contributed by atoms with van der Waals surface area (Å²) in [6, 6.07) is 20.2. The van der Waals surface area contributed by atoms with Crippen molar-refractivity contribution in [2.45, 2.75) is 30.7 Å². The molecule has 32 heavy (non-hydrogen) atoms. The van der Waals surface area contributed by atoms with E-state index in [1.165, 1.54) is 4.90 Å². The lowest BCUT2D eigenvalue weighted by molar-refractivity contribution is 0.0949. The first kappa shape index (κ1) is 20.5. The molecule has 5 nitrogen and oxygen atoms in total. The normalized spacial score (nSPS) is 13.3. The van der Waals surface area contributed by atoms with Crippen molar-refractivity contribution in [3.05, 3.63) is 88.8 Å². The van der Waals surface area contributed by atoms with Gasteiger partial charge in [-0.1, -0.05) is 31.2 Å². The lowest BCUT2D eigenvalue weighted by Gasteiger charge is -2.14. The topological polar surface area (TPSA) is 64.0 Å². The molecular weight excluding hydrogens is 418 g/mol. The minimum Gasteiger partial charge on any atom is -0.349 e. The van der Waals surface area contributed by atoms with Gasteiger partial charge in [-0.25, -0.2) is 4.98 Å². The van der Waals surface area contributed by atoms with Crippen LogP contribution in [0.2, 0.25) is 0 Å². The first-order valence-corrected chi connectivity index (χ1v) is 11.8. The van der Waals surface area contributed by atoms with Gasteiger partial charge in [0.25, 0.3) is 5.91 Å². The van der Waals surface area contributed by atoms with Crippen molar-refractivity contribution < 1.29 is 4.79 Å². The number of carbonyl (C=O) groups is 1. The Labute approximate surface area is 190 Å². The molecule has 2 aromatic carbocycles. The minimum absolute atomic E-state index is 0.142. The number of carbonyl (C=O) groups excluding carboxylic acids is 1. The summed E-state index contributed by atoms with van der Waals surface area (Å²) in [5.41, 5.74) is 3.40. The summed E-state index contributed by atoms with van der Waals surface area (Å²) in [5, 5.41) is 3.37. The molecule has 6 heteroatoms. The van der Waals surface area contributed by atoms with Crippen LogP contribution in [0.15, 0.2) is 82.7 Å². The van der Waals surface area contributed by atoms with Crippen molar-refractivity contribution in [1.82, 2.24) is 14.9 Å². The van der Waals surface area contributed by atoms with Crippen molar-refractivity contribution in [2.24, 2.45) is 0 Å². The molecule has 0 unspecified atom stereocenters. The maximum Gasteiger partial charge on any atom is 0.257 e. The number of benzene rings is 2. The zero-order chi connectivity index (χ0) is 22.1. The quantitative estimate of drug-likeness (QED) is 0.425. The van der Waals surface area contributed by atoms with Crippen LogP contribution in [0.3, 0.4) is 0 Å². The zero-order valence-electron chi connectivity index (χ0n) is 17.7. The predicted octanol–water partition coefficient (Wildman–Crippen LogP) is 5.06. The molecule has 0 spiro atoms. The molecule has 0 saturated heterocycles. The Morgan fingerprint density at radius 3 is 2.66 bits per heavy atom. The highest BCUT2D eigenvalue weighted by Gasteiger charge is 2.26. The number of aromatic nitrogens is 2. The fourth-order valence-electron chi connectivity index (χ4n) is 3.76. The molecule has 2 heterocycles. The molecule has 1 aliphatic rings. The summed E-state index contributed by atoms with van der Waals surface area (Å²) >= 11 is 1.81. The molecule has 160 valence electrons. The number of pyridine rings is 2. The van der Waals surface area contributed by atoms with Gasteiger partial charge in [-0.3, -0.25) is 9.59 Å². The van der Waals surface area contributed by atoms with Gasteiger partial charge >= 0.3 is 0 Å². The van der Waals surface area contributed by atoms with Crippen LogP contribution < -0.4 is 10.7 Å². The summed E-state index contributed by atoms with van der Waals surface area (Å²) in [6.45, 7) is 2.14. The van der Waals surface area contributed by atoms with Gasteiger partial charge in [0.05, 0.1) is 5.39 Å². The molecular formula is C26H23N3O2S. The van der Waals surface area contributed by atoms with E-state index < -0.39 is 0 Å². The van der Waals surface area contributed by atoms with Crippen molar-refractivity contribution in [3.8, 4) is 16.8 Å². The number of nitrogens with zero attached hydrogens (tertiary/aromatic N) is 2. The number of nitrogens with one attached hydrogen (secondary N) is 1. The van der Waals surface area contributed by atoms with E-state index >= 15 is 0 Å². The number of hydrogen-bond donors (Lipinski definition) is 1. The van der Waals surface area contributed by atoms with E-state index in [4.69, 9.17) is 0 Å².